The summed E-state index contributed by atoms with van der Waals surface area (Å²) in [5.74, 6) is 1.61. The van der Waals surface area contributed by atoms with E-state index >= 15 is 0 Å². The summed E-state index contributed by atoms with van der Waals surface area (Å²) in [4.78, 5) is 6.46. The average Bonchev–Trinajstić information content (AvgIpc) is 2.42. The van der Waals surface area contributed by atoms with Crippen LogP contribution in [0.1, 0.15) is 31.7 Å². The van der Waals surface area contributed by atoms with Gasteiger partial charge in [-0.15, -0.1) is 0 Å². The van der Waals surface area contributed by atoms with Crippen molar-refractivity contribution in [3.05, 3.63) is 16.2 Å². The lowest BCUT2D eigenvalue weighted by molar-refractivity contribution is 0.338. The molecule has 1 atom stereocenters. The van der Waals surface area contributed by atoms with E-state index in [2.05, 4.69) is 23.8 Å². The molecule has 2 nitrogen and oxygen atoms in total. The molecule has 0 fully saturated rings. The maximum absolute atomic E-state index is 5.07. The number of H-pyrrole nitrogens is 2. The van der Waals surface area contributed by atoms with Crippen molar-refractivity contribution < 1.29 is 0 Å². The van der Waals surface area contributed by atoms with Crippen LogP contribution < -0.4 is 0 Å². The molecule has 0 spiro atoms. The lowest BCUT2D eigenvalue weighted by Gasteiger charge is -2.24. The van der Waals surface area contributed by atoms with Crippen molar-refractivity contribution in [1.29, 1.82) is 0 Å². The summed E-state index contributed by atoms with van der Waals surface area (Å²) in [5.41, 5.74) is 2.68. The van der Waals surface area contributed by atoms with Crippen LogP contribution in [0.15, 0.2) is 0 Å². The fraction of sp³-hybridized carbons (Fsp3) is 0.700. The van der Waals surface area contributed by atoms with Crippen molar-refractivity contribution in [2.24, 2.45) is 11.8 Å². The van der Waals surface area contributed by atoms with E-state index in [1.807, 2.05) is 0 Å². The molecule has 1 aromatic heterocycles. The van der Waals surface area contributed by atoms with E-state index in [0.29, 0.717) is 0 Å². The van der Waals surface area contributed by atoms with Gasteiger partial charge in [-0.2, -0.15) is 0 Å². The molecule has 13 heavy (non-hydrogen) atoms. The molecule has 1 aromatic rings. The molecule has 0 radical (unpaired) electrons. The first-order valence-electron chi connectivity index (χ1n) is 4.97. The van der Waals surface area contributed by atoms with Gasteiger partial charge >= 0.3 is 0 Å². The monoisotopic (exact) mass is 196 g/mol. The Morgan fingerprint density at radius 1 is 1.31 bits per heavy atom. The summed E-state index contributed by atoms with van der Waals surface area (Å²) in [6, 6.07) is 0. The summed E-state index contributed by atoms with van der Waals surface area (Å²) in [6.45, 7) is 4.61. The standard InChI is InChI=1S/C10H16N2S/c1-6(2)7-3-4-8-9(5-7)12-10(13)11-8/h6-7H,3-5H2,1-2H3,(H2,11,12,13). The Bertz CT molecular complexity index is 348. The van der Waals surface area contributed by atoms with Gasteiger partial charge in [0.1, 0.15) is 0 Å². The molecule has 2 rings (SSSR count). The van der Waals surface area contributed by atoms with Gasteiger partial charge in [-0.1, -0.05) is 13.8 Å². The number of hydrogen-bond donors (Lipinski definition) is 2. The smallest absolute Gasteiger partial charge is 0.174 e. The van der Waals surface area contributed by atoms with Gasteiger partial charge in [0.25, 0.3) is 0 Å². The van der Waals surface area contributed by atoms with Crippen LogP contribution in [-0.4, -0.2) is 9.97 Å². The molecule has 1 unspecified atom stereocenters. The van der Waals surface area contributed by atoms with Crippen molar-refractivity contribution in [1.82, 2.24) is 9.97 Å². The molecule has 0 aliphatic heterocycles. The minimum absolute atomic E-state index is 0.782. The Morgan fingerprint density at radius 2 is 2.00 bits per heavy atom. The minimum atomic E-state index is 0.782. The molecule has 0 aromatic carbocycles. The van der Waals surface area contributed by atoms with Gasteiger partial charge in [0, 0.05) is 11.4 Å². The van der Waals surface area contributed by atoms with E-state index in [-0.39, 0.29) is 0 Å². The van der Waals surface area contributed by atoms with Gasteiger partial charge < -0.3 is 9.97 Å². The number of aromatic nitrogens is 2. The molecular formula is C10H16N2S. The van der Waals surface area contributed by atoms with Crippen LogP contribution in [0.5, 0.6) is 0 Å². The van der Waals surface area contributed by atoms with Crippen LogP contribution in [0.2, 0.25) is 0 Å². The number of aromatic amines is 2. The summed E-state index contributed by atoms with van der Waals surface area (Å²) >= 11 is 5.07. The summed E-state index contributed by atoms with van der Waals surface area (Å²) in [5, 5.41) is 0. The SMILES string of the molecule is CC(C)C1CCc2[nH]c(=S)[nH]c2C1. The molecule has 2 N–H and O–H groups in total. The van der Waals surface area contributed by atoms with Gasteiger partial charge in [0.05, 0.1) is 0 Å². The summed E-state index contributed by atoms with van der Waals surface area (Å²) < 4.78 is 0.786. The molecule has 72 valence electrons. The topological polar surface area (TPSA) is 31.6 Å². The predicted octanol–water partition coefficient (Wildman–Crippen LogP) is 2.83. The first-order valence-corrected chi connectivity index (χ1v) is 5.37. The fourth-order valence-corrected chi connectivity index (χ4v) is 2.35. The molecule has 1 aliphatic rings. The second-order valence-electron chi connectivity index (χ2n) is 4.28. The Kier molecular flexibility index (Phi) is 2.28. The molecule has 0 saturated heterocycles. The van der Waals surface area contributed by atoms with E-state index in [9.17, 15) is 0 Å². The molecule has 3 heteroatoms. The van der Waals surface area contributed by atoms with Crippen molar-refractivity contribution in [3.63, 3.8) is 0 Å². The van der Waals surface area contributed by atoms with E-state index < -0.39 is 0 Å². The van der Waals surface area contributed by atoms with Crippen molar-refractivity contribution in [3.8, 4) is 0 Å². The second-order valence-corrected chi connectivity index (χ2v) is 4.69. The zero-order valence-electron chi connectivity index (χ0n) is 8.18. The lowest BCUT2D eigenvalue weighted by Crippen LogP contribution is -2.18. The van der Waals surface area contributed by atoms with Gasteiger partial charge in [-0.05, 0) is 43.3 Å². The second kappa shape index (κ2) is 3.29. The van der Waals surface area contributed by atoms with Crippen LogP contribution in [-0.2, 0) is 12.8 Å². The number of hydrogen-bond acceptors (Lipinski definition) is 1. The predicted molar refractivity (Wildman–Crippen MR) is 56.3 cm³/mol. The highest BCUT2D eigenvalue weighted by molar-refractivity contribution is 7.71. The maximum Gasteiger partial charge on any atom is 0.174 e. The molecule has 0 amide bonds. The van der Waals surface area contributed by atoms with Crippen LogP contribution in [0, 0.1) is 16.6 Å². The quantitative estimate of drug-likeness (QED) is 0.665. The minimum Gasteiger partial charge on any atom is -0.334 e. The van der Waals surface area contributed by atoms with Gasteiger partial charge in [0.2, 0.25) is 0 Å². The Balaban J connectivity index is 2.24. The first kappa shape index (κ1) is 9.00. The zero-order valence-corrected chi connectivity index (χ0v) is 9.00. The highest BCUT2D eigenvalue weighted by Gasteiger charge is 2.22. The first-order chi connectivity index (χ1) is 6.16. The van der Waals surface area contributed by atoms with Crippen molar-refractivity contribution >= 4 is 12.2 Å². The van der Waals surface area contributed by atoms with Crippen LogP contribution in [0.4, 0.5) is 0 Å². The van der Waals surface area contributed by atoms with Gasteiger partial charge in [-0.3, -0.25) is 0 Å². The van der Waals surface area contributed by atoms with Crippen molar-refractivity contribution in [2.75, 3.05) is 0 Å². The third-order valence-corrected chi connectivity index (χ3v) is 3.27. The number of imidazole rings is 1. The average molecular weight is 196 g/mol. The third kappa shape index (κ3) is 1.70. The number of aryl methyl sites for hydroxylation is 1. The summed E-state index contributed by atoms with van der Waals surface area (Å²) in [6.07, 6.45) is 3.62. The molecule has 1 aliphatic carbocycles. The van der Waals surface area contributed by atoms with Crippen molar-refractivity contribution in [2.45, 2.75) is 33.1 Å². The summed E-state index contributed by atoms with van der Waals surface area (Å²) in [7, 11) is 0. The van der Waals surface area contributed by atoms with E-state index in [1.165, 1.54) is 24.2 Å². The van der Waals surface area contributed by atoms with Crippen LogP contribution in [0.25, 0.3) is 0 Å². The Labute approximate surface area is 83.8 Å². The Morgan fingerprint density at radius 3 is 2.69 bits per heavy atom. The Hall–Kier alpha value is -0.570. The van der Waals surface area contributed by atoms with E-state index in [4.69, 9.17) is 12.2 Å². The number of nitrogens with one attached hydrogen (secondary N) is 2. The zero-order chi connectivity index (χ0) is 9.42. The maximum atomic E-state index is 5.07. The molecule has 0 bridgehead atoms. The highest BCUT2D eigenvalue weighted by Crippen LogP contribution is 2.28. The van der Waals surface area contributed by atoms with Gasteiger partial charge in [0.15, 0.2) is 4.77 Å². The highest BCUT2D eigenvalue weighted by atomic mass is 32.1. The lowest BCUT2D eigenvalue weighted by atomic mass is 9.82. The normalized spacial score (nSPS) is 21.9. The fourth-order valence-electron chi connectivity index (χ4n) is 2.11. The van der Waals surface area contributed by atoms with Gasteiger partial charge in [-0.25, -0.2) is 0 Å². The van der Waals surface area contributed by atoms with Crippen LogP contribution >= 0.6 is 12.2 Å². The van der Waals surface area contributed by atoms with E-state index in [1.54, 1.807) is 0 Å². The molecule has 0 saturated carbocycles. The largest absolute Gasteiger partial charge is 0.334 e. The number of fused-ring (bicyclic) bond motifs is 1. The van der Waals surface area contributed by atoms with E-state index in [0.717, 1.165) is 23.0 Å². The molecular weight excluding hydrogens is 180 g/mol. The van der Waals surface area contributed by atoms with Crippen LogP contribution in [0.3, 0.4) is 0 Å². The third-order valence-electron chi connectivity index (χ3n) is 3.07. The molecule has 1 heterocycles. The number of rotatable bonds is 1.